The summed E-state index contributed by atoms with van der Waals surface area (Å²) in [6.45, 7) is 6.49. The van der Waals surface area contributed by atoms with Crippen molar-refractivity contribution in [2.24, 2.45) is 0 Å². The zero-order valence-electron chi connectivity index (χ0n) is 12.1. The summed E-state index contributed by atoms with van der Waals surface area (Å²) in [5, 5.41) is 3.54. The van der Waals surface area contributed by atoms with Crippen molar-refractivity contribution in [2.45, 2.75) is 46.1 Å². The Balaban J connectivity index is 2.07. The van der Waals surface area contributed by atoms with Gasteiger partial charge in [0.1, 0.15) is 0 Å². The molecule has 2 heteroatoms. The van der Waals surface area contributed by atoms with Gasteiger partial charge in [-0.15, -0.1) is 0 Å². The number of unbranched alkanes of at least 4 members (excludes halogenated alkanes) is 3. The maximum atomic E-state index is 3.54. The molecule has 0 saturated heterocycles. The fraction of sp³-hybridized carbons (Fsp3) is 0.625. The lowest BCUT2D eigenvalue weighted by Crippen LogP contribution is -2.14. The zero-order chi connectivity index (χ0) is 13.2. The number of nitrogens with one attached hydrogen (secondary N) is 1. The van der Waals surface area contributed by atoms with Crippen LogP contribution in [0.25, 0.3) is 0 Å². The van der Waals surface area contributed by atoms with E-state index in [1.54, 1.807) is 0 Å². The van der Waals surface area contributed by atoms with Gasteiger partial charge in [-0.05, 0) is 50.8 Å². The van der Waals surface area contributed by atoms with Crippen molar-refractivity contribution in [1.29, 1.82) is 0 Å². The van der Waals surface area contributed by atoms with E-state index in [2.05, 4.69) is 43.6 Å². The predicted molar refractivity (Wildman–Crippen MR) is 84.5 cm³/mol. The summed E-state index contributed by atoms with van der Waals surface area (Å²) in [5.41, 5.74) is 4.14. The van der Waals surface area contributed by atoms with Crippen LogP contribution in [0.2, 0.25) is 0 Å². The minimum atomic E-state index is 1.01. The Morgan fingerprint density at radius 3 is 2.28 bits per heavy atom. The van der Waals surface area contributed by atoms with Gasteiger partial charge >= 0.3 is 0 Å². The normalized spacial score (nSPS) is 10.8. The van der Waals surface area contributed by atoms with Crippen molar-refractivity contribution in [2.75, 3.05) is 18.6 Å². The van der Waals surface area contributed by atoms with Gasteiger partial charge in [-0.1, -0.05) is 42.2 Å². The summed E-state index contributed by atoms with van der Waals surface area (Å²) < 4.78 is 0. The number of benzene rings is 1. The molecule has 0 saturated carbocycles. The van der Waals surface area contributed by atoms with E-state index in [1.165, 1.54) is 48.1 Å². The summed E-state index contributed by atoms with van der Waals surface area (Å²) in [7, 11) is 0. The second kappa shape index (κ2) is 9.46. The second-order valence-corrected chi connectivity index (χ2v) is 6.07. The fourth-order valence-corrected chi connectivity index (χ4v) is 2.75. The molecule has 0 spiro atoms. The third-order valence-corrected chi connectivity index (χ3v) is 3.76. The summed E-state index contributed by atoms with van der Waals surface area (Å²) in [5.74, 6) is 1.32. The highest BCUT2D eigenvalue weighted by Crippen LogP contribution is 2.08. The molecule has 18 heavy (non-hydrogen) atoms. The van der Waals surface area contributed by atoms with Gasteiger partial charge in [0, 0.05) is 6.54 Å². The Kier molecular flexibility index (Phi) is 8.19. The molecule has 0 amide bonds. The number of thioether (sulfide) groups is 1. The molecule has 0 aliphatic carbocycles. The first-order valence-electron chi connectivity index (χ1n) is 6.99. The van der Waals surface area contributed by atoms with Crippen molar-refractivity contribution in [3.8, 4) is 0 Å². The molecule has 0 fully saturated rings. The van der Waals surface area contributed by atoms with Crippen LogP contribution in [0.5, 0.6) is 0 Å². The van der Waals surface area contributed by atoms with Crippen LogP contribution in [-0.4, -0.2) is 18.6 Å². The van der Waals surface area contributed by atoms with Gasteiger partial charge in [-0.2, -0.15) is 11.8 Å². The molecule has 1 aromatic carbocycles. The van der Waals surface area contributed by atoms with E-state index in [-0.39, 0.29) is 0 Å². The van der Waals surface area contributed by atoms with Crippen molar-refractivity contribution >= 4 is 11.8 Å². The zero-order valence-corrected chi connectivity index (χ0v) is 12.9. The Bertz CT molecular complexity index is 316. The number of hydrogen-bond acceptors (Lipinski definition) is 2. The molecule has 0 heterocycles. The van der Waals surface area contributed by atoms with E-state index in [0.717, 1.165) is 13.1 Å². The van der Waals surface area contributed by atoms with Crippen LogP contribution in [-0.2, 0) is 6.54 Å². The Morgan fingerprint density at radius 1 is 0.944 bits per heavy atom. The van der Waals surface area contributed by atoms with Crippen LogP contribution < -0.4 is 5.32 Å². The fourth-order valence-electron chi connectivity index (χ4n) is 2.25. The van der Waals surface area contributed by atoms with Gasteiger partial charge in [0.15, 0.2) is 0 Å². The van der Waals surface area contributed by atoms with Gasteiger partial charge in [0.2, 0.25) is 0 Å². The first-order valence-corrected chi connectivity index (χ1v) is 8.38. The minimum absolute atomic E-state index is 1.01. The topological polar surface area (TPSA) is 12.0 Å². The van der Waals surface area contributed by atoms with Gasteiger partial charge in [-0.25, -0.2) is 0 Å². The molecular weight excluding hydrogens is 238 g/mol. The summed E-state index contributed by atoms with van der Waals surface area (Å²) in [4.78, 5) is 0. The molecule has 1 nitrogen and oxygen atoms in total. The van der Waals surface area contributed by atoms with Crippen molar-refractivity contribution in [1.82, 2.24) is 5.32 Å². The third-order valence-electron chi connectivity index (χ3n) is 3.06. The second-order valence-electron chi connectivity index (χ2n) is 5.08. The lowest BCUT2D eigenvalue weighted by Gasteiger charge is -2.07. The lowest BCUT2D eigenvalue weighted by atomic mass is 10.1. The average molecular weight is 265 g/mol. The van der Waals surface area contributed by atoms with Crippen molar-refractivity contribution in [3.63, 3.8) is 0 Å². The van der Waals surface area contributed by atoms with Gasteiger partial charge in [0.25, 0.3) is 0 Å². The van der Waals surface area contributed by atoms with Crippen LogP contribution >= 0.6 is 11.8 Å². The maximum Gasteiger partial charge on any atom is 0.0205 e. The first-order chi connectivity index (χ1) is 8.72. The molecule has 1 aromatic rings. The molecule has 102 valence electrons. The van der Waals surface area contributed by atoms with E-state index in [0.29, 0.717) is 0 Å². The number of hydrogen-bond donors (Lipinski definition) is 1. The molecule has 1 rings (SSSR count). The van der Waals surface area contributed by atoms with Crippen LogP contribution in [0.15, 0.2) is 18.2 Å². The quantitative estimate of drug-likeness (QED) is 0.668. The molecule has 0 unspecified atom stereocenters. The molecule has 0 radical (unpaired) electrons. The third kappa shape index (κ3) is 7.07. The van der Waals surface area contributed by atoms with E-state index in [1.807, 2.05) is 11.8 Å². The van der Waals surface area contributed by atoms with E-state index in [4.69, 9.17) is 0 Å². The Hall–Kier alpha value is -0.470. The number of rotatable bonds is 9. The van der Waals surface area contributed by atoms with E-state index >= 15 is 0 Å². The highest BCUT2D eigenvalue weighted by Gasteiger charge is 1.96. The van der Waals surface area contributed by atoms with Crippen LogP contribution in [0, 0.1) is 13.8 Å². The molecule has 0 aromatic heterocycles. The predicted octanol–water partition coefficient (Wildman–Crippen LogP) is 4.32. The first kappa shape index (κ1) is 15.6. The van der Waals surface area contributed by atoms with Crippen LogP contribution in [0.1, 0.15) is 42.4 Å². The minimum Gasteiger partial charge on any atom is -0.313 e. The van der Waals surface area contributed by atoms with Crippen LogP contribution in [0.3, 0.4) is 0 Å². The summed E-state index contributed by atoms with van der Waals surface area (Å²) in [6.07, 6.45) is 7.61. The summed E-state index contributed by atoms with van der Waals surface area (Å²) >= 11 is 1.95. The number of aryl methyl sites for hydroxylation is 2. The standard InChI is InChI=1S/C16H27NS/c1-14-10-15(2)12-16(11-14)13-17-8-6-4-5-7-9-18-3/h10-12,17H,4-9,13H2,1-3H3. The average Bonchev–Trinajstić information content (AvgIpc) is 2.31. The van der Waals surface area contributed by atoms with Gasteiger partial charge in [0.05, 0.1) is 0 Å². The lowest BCUT2D eigenvalue weighted by molar-refractivity contribution is 0.599. The monoisotopic (exact) mass is 265 g/mol. The molecule has 1 N–H and O–H groups in total. The van der Waals surface area contributed by atoms with E-state index < -0.39 is 0 Å². The largest absolute Gasteiger partial charge is 0.313 e. The summed E-state index contributed by atoms with van der Waals surface area (Å²) in [6, 6.07) is 6.78. The highest BCUT2D eigenvalue weighted by atomic mass is 32.2. The van der Waals surface area contributed by atoms with Gasteiger partial charge in [-0.3, -0.25) is 0 Å². The molecule has 0 aliphatic heterocycles. The SMILES string of the molecule is CSCCCCCCNCc1cc(C)cc(C)c1. The van der Waals surface area contributed by atoms with Crippen molar-refractivity contribution in [3.05, 3.63) is 34.9 Å². The van der Waals surface area contributed by atoms with Crippen molar-refractivity contribution < 1.29 is 0 Å². The maximum absolute atomic E-state index is 3.54. The molecule has 0 atom stereocenters. The highest BCUT2D eigenvalue weighted by molar-refractivity contribution is 7.98. The molecular formula is C16H27NS. The van der Waals surface area contributed by atoms with Crippen LogP contribution in [0.4, 0.5) is 0 Å². The van der Waals surface area contributed by atoms with Gasteiger partial charge < -0.3 is 5.32 Å². The van der Waals surface area contributed by atoms with E-state index in [9.17, 15) is 0 Å². The molecule has 0 bridgehead atoms. The smallest absolute Gasteiger partial charge is 0.0205 e. The Morgan fingerprint density at radius 2 is 1.61 bits per heavy atom. The Labute approximate surface area is 117 Å². The molecule has 0 aliphatic rings.